The van der Waals surface area contributed by atoms with Crippen molar-refractivity contribution < 1.29 is 9.90 Å². The number of aryl methyl sites for hydroxylation is 1. The molecule has 4 fully saturated rings. The van der Waals surface area contributed by atoms with E-state index in [1.807, 2.05) is 17.8 Å². The van der Waals surface area contributed by atoms with Crippen LogP contribution in [0.25, 0.3) is 11.0 Å². The lowest BCUT2D eigenvalue weighted by molar-refractivity contribution is -0.158. The maximum atomic E-state index is 13.8. The molecular formula is C30H43N3O2. The second-order valence-corrected chi connectivity index (χ2v) is 13.3. The van der Waals surface area contributed by atoms with E-state index in [0.717, 1.165) is 47.7 Å². The topological polar surface area (TPSA) is 68.0 Å². The minimum absolute atomic E-state index is 0.122. The number of pyridine rings is 1. The number of hydrogen-bond acceptors (Lipinski definition) is 4. The number of ketones is 1. The Labute approximate surface area is 210 Å². The second kappa shape index (κ2) is 8.13. The molecule has 0 aromatic carbocycles. The van der Waals surface area contributed by atoms with Crippen molar-refractivity contribution in [1.29, 1.82) is 0 Å². The maximum absolute atomic E-state index is 13.8. The molecule has 4 aliphatic rings. The lowest BCUT2D eigenvalue weighted by Crippen LogP contribution is -2.56. The minimum Gasteiger partial charge on any atom is -0.390 e. The molecule has 5 heteroatoms. The Hall–Kier alpha value is -1.75. The fourth-order valence-corrected chi connectivity index (χ4v) is 9.91. The van der Waals surface area contributed by atoms with Crippen LogP contribution in [0.5, 0.6) is 0 Å². The fraction of sp³-hybridized carbons (Fsp3) is 0.767. The van der Waals surface area contributed by atoms with Gasteiger partial charge in [0.05, 0.1) is 17.3 Å². The maximum Gasteiger partial charge on any atom is 0.157 e. The van der Waals surface area contributed by atoms with Gasteiger partial charge in [0, 0.05) is 12.1 Å². The molecule has 35 heavy (non-hydrogen) atoms. The molecule has 0 saturated heterocycles. The van der Waals surface area contributed by atoms with Gasteiger partial charge in [0.25, 0.3) is 0 Å². The first-order valence-electron chi connectivity index (χ1n) is 14.2. The number of carbonyl (C=O) groups is 1. The molecule has 0 spiro atoms. The standard InChI is InChI=1S/C30H43N3O2/c1-5-30-13-12-28(3,35)15-20(30)6-7-21-22-8-9-24(29(22,4)11-10-23(21)30)27(34)18-33-26-14-19(2)16-31-25(26)17-32-33/h14,16-17,20-24,35H,5-13,15,18H2,1-4H3/t20-,21-,22-,23-,24+,28+,29-,30-/m0/s1. The average molecular weight is 478 g/mol. The molecule has 5 nitrogen and oxygen atoms in total. The fourth-order valence-electron chi connectivity index (χ4n) is 9.91. The molecule has 0 bridgehead atoms. The lowest BCUT2D eigenvalue weighted by Gasteiger charge is -2.63. The predicted octanol–water partition coefficient (Wildman–Crippen LogP) is 6.11. The largest absolute Gasteiger partial charge is 0.390 e. The molecule has 0 unspecified atom stereocenters. The molecule has 8 atom stereocenters. The SMILES string of the molecule is CC[C@]12CC[C@@](C)(O)C[C@@H]1CC[C@H]1[C@@H]3CC[C@H](C(=O)Cn4ncc5ncc(C)cc54)[C@@]3(C)CC[C@@H]12. The van der Waals surface area contributed by atoms with Crippen LogP contribution in [0.4, 0.5) is 0 Å². The molecule has 0 amide bonds. The van der Waals surface area contributed by atoms with E-state index < -0.39 is 5.60 Å². The van der Waals surface area contributed by atoms with Crippen LogP contribution in [0.3, 0.4) is 0 Å². The van der Waals surface area contributed by atoms with Gasteiger partial charge in [0.15, 0.2) is 5.78 Å². The molecule has 4 saturated carbocycles. The van der Waals surface area contributed by atoms with E-state index in [1.165, 1.54) is 44.9 Å². The number of nitrogens with zero attached hydrogens (tertiary/aromatic N) is 3. The number of hydrogen-bond donors (Lipinski definition) is 1. The van der Waals surface area contributed by atoms with E-state index >= 15 is 0 Å². The van der Waals surface area contributed by atoms with Gasteiger partial charge in [0.1, 0.15) is 12.1 Å². The first-order chi connectivity index (χ1) is 16.7. The van der Waals surface area contributed by atoms with Crippen molar-refractivity contribution in [3.63, 3.8) is 0 Å². The highest BCUT2D eigenvalue weighted by Crippen LogP contribution is 2.69. The molecule has 190 valence electrons. The Morgan fingerprint density at radius 3 is 2.71 bits per heavy atom. The van der Waals surface area contributed by atoms with Crippen LogP contribution in [-0.2, 0) is 11.3 Å². The van der Waals surface area contributed by atoms with Gasteiger partial charge in [-0.2, -0.15) is 5.10 Å². The first kappa shape index (κ1) is 23.6. The monoisotopic (exact) mass is 477 g/mol. The van der Waals surface area contributed by atoms with Crippen LogP contribution >= 0.6 is 0 Å². The molecule has 0 aliphatic heterocycles. The van der Waals surface area contributed by atoms with E-state index in [1.54, 1.807) is 6.20 Å². The van der Waals surface area contributed by atoms with Crippen LogP contribution in [0.15, 0.2) is 18.5 Å². The second-order valence-electron chi connectivity index (χ2n) is 13.3. The summed E-state index contributed by atoms with van der Waals surface area (Å²) in [5.74, 6) is 3.38. The summed E-state index contributed by atoms with van der Waals surface area (Å²) in [7, 11) is 0. The molecular weight excluding hydrogens is 434 g/mol. The first-order valence-corrected chi connectivity index (χ1v) is 14.2. The highest BCUT2D eigenvalue weighted by molar-refractivity contribution is 5.84. The van der Waals surface area contributed by atoms with Crippen molar-refractivity contribution in [2.45, 2.75) is 104 Å². The van der Waals surface area contributed by atoms with Gasteiger partial charge >= 0.3 is 0 Å². The summed E-state index contributed by atoms with van der Waals surface area (Å²) in [4.78, 5) is 18.2. The summed E-state index contributed by atoms with van der Waals surface area (Å²) in [6.07, 6.45) is 15.3. The number of Topliss-reactive ketones (excluding diaryl/α,β-unsaturated/α-hetero) is 1. The van der Waals surface area contributed by atoms with E-state index in [4.69, 9.17) is 0 Å². The summed E-state index contributed by atoms with van der Waals surface area (Å²) in [5.41, 5.74) is 2.99. The van der Waals surface area contributed by atoms with Gasteiger partial charge < -0.3 is 5.11 Å². The minimum atomic E-state index is -0.477. The molecule has 0 radical (unpaired) electrons. The molecule has 2 aromatic heterocycles. The van der Waals surface area contributed by atoms with Gasteiger partial charge in [-0.05, 0) is 124 Å². The van der Waals surface area contributed by atoms with Gasteiger partial charge in [-0.15, -0.1) is 0 Å². The number of aliphatic hydroxyl groups is 1. The zero-order valence-electron chi connectivity index (χ0n) is 22.1. The Morgan fingerprint density at radius 1 is 1.09 bits per heavy atom. The number of carbonyl (C=O) groups excluding carboxylic acids is 1. The average Bonchev–Trinajstić information content (AvgIpc) is 3.38. The van der Waals surface area contributed by atoms with E-state index in [2.05, 4.69) is 36.9 Å². The zero-order valence-corrected chi connectivity index (χ0v) is 22.1. The smallest absolute Gasteiger partial charge is 0.157 e. The van der Waals surface area contributed by atoms with E-state index in [-0.39, 0.29) is 11.3 Å². The van der Waals surface area contributed by atoms with Crippen molar-refractivity contribution in [1.82, 2.24) is 14.8 Å². The highest BCUT2D eigenvalue weighted by Gasteiger charge is 2.62. The molecule has 2 heterocycles. The normalized spacial score (nSPS) is 42.9. The Kier molecular flexibility index (Phi) is 5.49. The molecule has 1 N–H and O–H groups in total. The van der Waals surface area contributed by atoms with Crippen molar-refractivity contribution in [3.8, 4) is 0 Å². The number of fused-ring (bicyclic) bond motifs is 6. The lowest BCUT2D eigenvalue weighted by atomic mass is 9.42. The number of rotatable bonds is 4. The molecule has 6 rings (SSSR count). The summed E-state index contributed by atoms with van der Waals surface area (Å²) in [5, 5.41) is 15.4. The quantitative estimate of drug-likeness (QED) is 0.577. The van der Waals surface area contributed by atoms with Gasteiger partial charge in [0.2, 0.25) is 0 Å². The van der Waals surface area contributed by atoms with Crippen molar-refractivity contribution >= 4 is 16.8 Å². The van der Waals surface area contributed by atoms with Crippen molar-refractivity contribution in [3.05, 3.63) is 24.0 Å². The summed E-state index contributed by atoms with van der Waals surface area (Å²) >= 11 is 0. The van der Waals surface area contributed by atoms with Crippen LogP contribution in [0, 0.1) is 47.3 Å². The Morgan fingerprint density at radius 2 is 1.91 bits per heavy atom. The molecule has 2 aromatic rings. The van der Waals surface area contributed by atoms with Crippen molar-refractivity contribution in [2.75, 3.05) is 0 Å². The Bertz CT molecular complexity index is 1140. The Balaban J connectivity index is 1.23. The van der Waals surface area contributed by atoms with Crippen LogP contribution in [0.1, 0.15) is 90.5 Å². The predicted molar refractivity (Wildman–Crippen MR) is 138 cm³/mol. The summed E-state index contributed by atoms with van der Waals surface area (Å²) < 4.78 is 1.88. The van der Waals surface area contributed by atoms with Crippen LogP contribution in [-0.4, -0.2) is 31.3 Å². The van der Waals surface area contributed by atoms with E-state index in [0.29, 0.717) is 29.6 Å². The van der Waals surface area contributed by atoms with Crippen LogP contribution in [0.2, 0.25) is 0 Å². The van der Waals surface area contributed by atoms with E-state index in [9.17, 15) is 9.90 Å². The third-order valence-electron chi connectivity index (χ3n) is 11.6. The van der Waals surface area contributed by atoms with Gasteiger partial charge in [-0.25, -0.2) is 0 Å². The van der Waals surface area contributed by atoms with Gasteiger partial charge in [-0.1, -0.05) is 13.8 Å². The third-order valence-corrected chi connectivity index (χ3v) is 11.6. The number of aromatic nitrogens is 3. The third kappa shape index (κ3) is 3.54. The molecule has 4 aliphatic carbocycles. The zero-order chi connectivity index (χ0) is 24.6. The van der Waals surface area contributed by atoms with Crippen molar-refractivity contribution in [2.24, 2.45) is 40.4 Å². The highest BCUT2D eigenvalue weighted by atomic mass is 16.3. The van der Waals surface area contributed by atoms with Crippen LogP contribution < -0.4 is 0 Å². The van der Waals surface area contributed by atoms with Gasteiger partial charge in [-0.3, -0.25) is 14.5 Å². The summed E-state index contributed by atoms with van der Waals surface area (Å²) in [6, 6.07) is 2.09. The summed E-state index contributed by atoms with van der Waals surface area (Å²) in [6.45, 7) is 9.33.